The standard InChI is InChI=1S/C17H24N2O3S/c1-23-15-4-2-3-12(9-15)17(22)7-5-14(6-8-17)19-10-13(11-19)18-16(20)21/h2-4,9,13-14,18,22H,5-8,10-11H2,1H3,(H,20,21). The van der Waals surface area contributed by atoms with Crippen LogP contribution >= 0.6 is 11.8 Å². The number of amides is 1. The van der Waals surface area contributed by atoms with Crippen LogP contribution in [0.5, 0.6) is 0 Å². The van der Waals surface area contributed by atoms with Crippen LogP contribution in [0.15, 0.2) is 29.2 Å². The summed E-state index contributed by atoms with van der Waals surface area (Å²) in [4.78, 5) is 14.1. The summed E-state index contributed by atoms with van der Waals surface area (Å²) in [6, 6.07) is 8.73. The minimum absolute atomic E-state index is 0.0616. The van der Waals surface area contributed by atoms with Crippen molar-refractivity contribution >= 4 is 17.9 Å². The highest BCUT2D eigenvalue weighted by molar-refractivity contribution is 7.98. The number of nitrogens with one attached hydrogen (secondary N) is 1. The number of carboxylic acid groups (broad SMARTS) is 1. The molecule has 1 amide bonds. The van der Waals surface area contributed by atoms with Crippen molar-refractivity contribution in [1.29, 1.82) is 0 Å². The molecule has 0 unspecified atom stereocenters. The van der Waals surface area contributed by atoms with Gasteiger partial charge in [-0.05, 0) is 49.6 Å². The summed E-state index contributed by atoms with van der Waals surface area (Å²) in [7, 11) is 0. The second kappa shape index (κ2) is 6.71. The molecule has 0 bridgehead atoms. The van der Waals surface area contributed by atoms with Crippen molar-refractivity contribution in [2.75, 3.05) is 19.3 Å². The van der Waals surface area contributed by atoms with E-state index in [1.165, 1.54) is 4.90 Å². The van der Waals surface area contributed by atoms with Gasteiger partial charge in [-0.25, -0.2) is 4.79 Å². The van der Waals surface area contributed by atoms with E-state index in [1.807, 2.05) is 18.4 Å². The van der Waals surface area contributed by atoms with Crippen LogP contribution in [0.4, 0.5) is 4.79 Å². The highest BCUT2D eigenvalue weighted by Crippen LogP contribution is 2.40. The normalized spacial score (nSPS) is 29.0. The lowest BCUT2D eigenvalue weighted by Gasteiger charge is -2.48. The van der Waals surface area contributed by atoms with Crippen LogP contribution in [0.2, 0.25) is 0 Å². The molecule has 1 saturated heterocycles. The van der Waals surface area contributed by atoms with E-state index in [4.69, 9.17) is 5.11 Å². The Kier molecular flexibility index (Phi) is 4.85. The predicted molar refractivity (Wildman–Crippen MR) is 90.9 cm³/mol. The predicted octanol–water partition coefficient (Wildman–Crippen LogP) is 2.49. The number of thioether (sulfide) groups is 1. The van der Waals surface area contributed by atoms with Crippen molar-refractivity contribution in [2.45, 2.75) is 48.3 Å². The quantitative estimate of drug-likeness (QED) is 0.737. The van der Waals surface area contributed by atoms with E-state index in [1.54, 1.807) is 11.8 Å². The molecule has 1 aromatic carbocycles. The molecular formula is C17H24N2O3S. The van der Waals surface area contributed by atoms with Crippen LogP contribution in [-0.4, -0.2) is 52.6 Å². The van der Waals surface area contributed by atoms with Crippen LogP contribution < -0.4 is 5.32 Å². The van der Waals surface area contributed by atoms with Crippen molar-refractivity contribution in [3.63, 3.8) is 0 Å². The van der Waals surface area contributed by atoms with Gasteiger partial charge in [-0.1, -0.05) is 12.1 Å². The third-order valence-electron chi connectivity index (χ3n) is 5.14. The second-order valence-corrected chi connectivity index (χ2v) is 7.47. The number of hydrogen-bond donors (Lipinski definition) is 3. The molecule has 0 radical (unpaired) electrons. The van der Waals surface area contributed by atoms with Gasteiger partial charge in [0.1, 0.15) is 0 Å². The van der Waals surface area contributed by atoms with Gasteiger partial charge in [-0.15, -0.1) is 11.8 Å². The van der Waals surface area contributed by atoms with Crippen molar-refractivity contribution in [3.8, 4) is 0 Å². The minimum Gasteiger partial charge on any atom is -0.465 e. The van der Waals surface area contributed by atoms with E-state index in [2.05, 4.69) is 22.3 Å². The molecule has 0 aromatic heterocycles. The summed E-state index contributed by atoms with van der Waals surface area (Å²) in [6.45, 7) is 1.58. The summed E-state index contributed by atoms with van der Waals surface area (Å²) in [5.74, 6) is 0. The average Bonchev–Trinajstić information content (AvgIpc) is 2.51. The van der Waals surface area contributed by atoms with Gasteiger partial charge in [-0.3, -0.25) is 4.90 Å². The van der Waals surface area contributed by atoms with Gasteiger partial charge >= 0.3 is 6.09 Å². The van der Waals surface area contributed by atoms with Gasteiger partial charge in [0.25, 0.3) is 0 Å². The summed E-state index contributed by atoms with van der Waals surface area (Å²) in [5.41, 5.74) is 0.308. The van der Waals surface area contributed by atoms with Crippen LogP contribution in [0, 0.1) is 0 Å². The maximum atomic E-state index is 11.0. The maximum absolute atomic E-state index is 11.0. The molecule has 3 rings (SSSR count). The lowest BCUT2D eigenvalue weighted by Crippen LogP contribution is -2.62. The van der Waals surface area contributed by atoms with E-state index in [0.29, 0.717) is 6.04 Å². The largest absolute Gasteiger partial charge is 0.465 e. The molecule has 1 aliphatic heterocycles. The molecule has 3 N–H and O–H groups in total. The Balaban J connectivity index is 1.55. The Morgan fingerprint density at radius 2 is 2.04 bits per heavy atom. The number of nitrogens with zero attached hydrogens (tertiary/aromatic N) is 1. The summed E-state index contributed by atoms with van der Waals surface area (Å²) in [6.07, 6.45) is 4.55. The fraction of sp³-hybridized carbons (Fsp3) is 0.588. The van der Waals surface area contributed by atoms with Crippen molar-refractivity contribution in [3.05, 3.63) is 29.8 Å². The van der Waals surface area contributed by atoms with E-state index in [0.717, 1.165) is 44.3 Å². The molecule has 2 fully saturated rings. The van der Waals surface area contributed by atoms with Gasteiger partial charge in [0, 0.05) is 24.0 Å². The maximum Gasteiger partial charge on any atom is 0.404 e. The third-order valence-corrected chi connectivity index (χ3v) is 5.87. The molecule has 1 heterocycles. The number of rotatable bonds is 4. The first-order valence-electron chi connectivity index (χ1n) is 8.10. The number of carbonyl (C=O) groups is 1. The summed E-state index contributed by atoms with van der Waals surface area (Å²) >= 11 is 1.69. The van der Waals surface area contributed by atoms with Crippen molar-refractivity contribution < 1.29 is 15.0 Å². The zero-order valence-corrected chi connectivity index (χ0v) is 14.2. The molecule has 126 valence electrons. The molecule has 1 aromatic rings. The van der Waals surface area contributed by atoms with Gasteiger partial charge < -0.3 is 15.5 Å². The molecule has 6 heteroatoms. The molecule has 0 atom stereocenters. The smallest absolute Gasteiger partial charge is 0.404 e. The van der Waals surface area contributed by atoms with Gasteiger partial charge in [0.15, 0.2) is 0 Å². The first-order valence-corrected chi connectivity index (χ1v) is 9.33. The molecule has 5 nitrogen and oxygen atoms in total. The lowest BCUT2D eigenvalue weighted by molar-refractivity contribution is -0.0398. The molecule has 1 saturated carbocycles. The third kappa shape index (κ3) is 3.65. The Morgan fingerprint density at radius 3 is 2.65 bits per heavy atom. The van der Waals surface area contributed by atoms with Crippen LogP contribution in [-0.2, 0) is 5.60 Å². The number of aliphatic hydroxyl groups is 1. The summed E-state index contributed by atoms with van der Waals surface area (Å²) < 4.78 is 0. The van der Waals surface area contributed by atoms with Crippen LogP contribution in [0.3, 0.4) is 0 Å². The van der Waals surface area contributed by atoms with Crippen LogP contribution in [0.1, 0.15) is 31.2 Å². The monoisotopic (exact) mass is 336 g/mol. The summed E-state index contributed by atoms with van der Waals surface area (Å²) in [5, 5.41) is 22.3. The zero-order chi connectivity index (χ0) is 16.4. The highest BCUT2D eigenvalue weighted by atomic mass is 32.2. The second-order valence-electron chi connectivity index (χ2n) is 6.60. The number of benzene rings is 1. The highest BCUT2D eigenvalue weighted by Gasteiger charge is 2.40. The molecule has 1 aliphatic carbocycles. The van der Waals surface area contributed by atoms with E-state index >= 15 is 0 Å². The Labute approximate surface area is 141 Å². The molecular weight excluding hydrogens is 312 g/mol. The SMILES string of the molecule is CSc1cccc(C2(O)CCC(N3CC(NC(=O)O)C3)CC2)c1. The minimum atomic E-state index is -0.943. The Morgan fingerprint density at radius 1 is 1.35 bits per heavy atom. The van der Waals surface area contributed by atoms with Crippen molar-refractivity contribution in [2.24, 2.45) is 0 Å². The van der Waals surface area contributed by atoms with Gasteiger partial charge in [-0.2, -0.15) is 0 Å². The Bertz CT molecular complexity index is 567. The van der Waals surface area contributed by atoms with Crippen LogP contribution in [0.25, 0.3) is 0 Å². The topological polar surface area (TPSA) is 72.8 Å². The van der Waals surface area contributed by atoms with Gasteiger partial charge in [0.2, 0.25) is 0 Å². The number of likely N-dealkylation sites (tertiary alicyclic amines) is 1. The molecule has 23 heavy (non-hydrogen) atoms. The van der Waals surface area contributed by atoms with Crippen molar-refractivity contribution in [1.82, 2.24) is 10.2 Å². The fourth-order valence-electron chi connectivity index (χ4n) is 3.72. The number of hydrogen-bond acceptors (Lipinski definition) is 4. The zero-order valence-electron chi connectivity index (χ0n) is 13.4. The first-order chi connectivity index (χ1) is 11.0. The fourth-order valence-corrected chi connectivity index (χ4v) is 4.18. The van der Waals surface area contributed by atoms with E-state index < -0.39 is 11.7 Å². The van der Waals surface area contributed by atoms with E-state index in [9.17, 15) is 9.90 Å². The first kappa shape index (κ1) is 16.6. The lowest BCUT2D eigenvalue weighted by atomic mass is 9.76. The average molecular weight is 336 g/mol. The molecule has 0 spiro atoms. The molecule has 2 aliphatic rings. The van der Waals surface area contributed by atoms with E-state index in [-0.39, 0.29) is 6.04 Å². The van der Waals surface area contributed by atoms with Gasteiger partial charge in [0.05, 0.1) is 11.6 Å². The Hall–Kier alpha value is -1.24.